The number of aromatic nitrogens is 1. The van der Waals surface area contributed by atoms with Crippen LogP contribution < -0.4 is 4.90 Å². The molecule has 0 radical (unpaired) electrons. The average Bonchev–Trinajstić information content (AvgIpc) is 2.50. The van der Waals surface area contributed by atoms with Crippen LogP contribution >= 0.6 is 15.9 Å². The van der Waals surface area contributed by atoms with E-state index in [1.807, 2.05) is 12.3 Å². The van der Waals surface area contributed by atoms with Crippen molar-refractivity contribution in [3.63, 3.8) is 0 Å². The average molecular weight is 341 g/mol. The van der Waals surface area contributed by atoms with Gasteiger partial charge in [-0.25, -0.2) is 4.98 Å². The lowest BCUT2D eigenvalue weighted by Gasteiger charge is -2.36. The zero-order chi connectivity index (χ0) is 13.8. The molecule has 5 heteroatoms. The van der Waals surface area contributed by atoms with Gasteiger partial charge >= 0.3 is 0 Å². The summed E-state index contributed by atoms with van der Waals surface area (Å²) in [6.45, 7) is 3.79. The van der Waals surface area contributed by atoms with Gasteiger partial charge in [-0.05, 0) is 53.7 Å². The molecule has 0 aliphatic carbocycles. The third kappa shape index (κ3) is 3.51. The highest BCUT2D eigenvalue weighted by molar-refractivity contribution is 9.10. The van der Waals surface area contributed by atoms with Gasteiger partial charge in [0.15, 0.2) is 0 Å². The Hall–Kier alpha value is -0.650. The van der Waals surface area contributed by atoms with E-state index in [0.717, 1.165) is 56.6 Å². The predicted molar refractivity (Wildman–Crippen MR) is 82.1 cm³/mol. The summed E-state index contributed by atoms with van der Waals surface area (Å²) in [6, 6.07) is 4.11. The van der Waals surface area contributed by atoms with Gasteiger partial charge in [0.25, 0.3) is 0 Å². The maximum Gasteiger partial charge on any atom is 0.129 e. The summed E-state index contributed by atoms with van der Waals surface area (Å²) in [4.78, 5) is 6.69. The maximum atomic E-state index is 6.21. The van der Waals surface area contributed by atoms with Crippen molar-refractivity contribution < 1.29 is 9.47 Å². The van der Waals surface area contributed by atoms with Crippen molar-refractivity contribution in [3.8, 4) is 0 Å². The Bertz CT molecular complexity index is 430. The van der Waals surface area contributed by atoms with Gasteiger partial charge in [0.05, 0.1) is 17.9 Å². The molecule has 2 aliphatic rings. The highest BCUT2D eigenvalue weighted by Gasteiger charge is 2.25. The zero-order valence-electron chi connectivity index (χ0n) is 11.6. The normalized spacial score (nSPS) is 22.1. The first-order valence-electron chi connectivity index (χ1n) is 7.41. The van der Waals surface area contributed by atoms with Crippen LogP contribution in [0, 0.1) is 0 Å². The SMILES string of the molecule is Brc1ncccc1N1CCC(OC2CCOCC2)CC1. The van der Waals surface area contributed by atoms with E-state index in [1.165, 1.54) is 5.69 Å². The molecule has 0 saturated carbocycles. The molecule has 0 N–H and O–H groups in total. The topological polar surface area (TPSA) is 34.6 Å². The number of rotatable bonds is 3. The second kappa shape index (κ2) is 6.87. The summed E-state index contributed by atoms with van der Waals surface area (Å²) < 4.78 is 12.5. The maximum absolute atomic E-state index is 6.21. The fraction of sp³-hybridized carbons (Fsp3) is 0.667. The summed E-state index contributed by atoms with van der Waals surface area (Å²) in [6.07, 6.45) is 6.92. The van der Waals surface area contributed by atoms with Crippen molar-refractivity contribution in [2.24, 2.45) is 0 Å². The van der Waals surface area contributed by atoms with Crippen molar-refractivity contribution in [1.29, 1.82) is 0 Å². The number of piperidine rings is 1. The molecular formula is C15H21BrN2O2. The van der Waals surface area contributed by atoms with Crippen LogP contribution in [0.1, 0.15) is 25.7 Å². The first-order chi connectivity index (χ1) is 9.83. The van der Waals surface area contributed by atoms with E-state index in [-0.39, 0.29) is 0 Å². The van der Waals surface area contributed by atoms with Gasteiger partial charge in [-0.3, -0.25) is 0 Å². The minimum Gasteiger partial charge on any atom is -0.381 e. The van der Waals surface area contributed by atoms with Gasteiger partial charge in [0.2, 0.25) is 0 Å². The molecule has 0 unspecified atom stereocenters. The fourth-order valence-electron chi connectivity index (χ4n) is 2.93. The van der Waals surface area contributed by atoms with Crippen LogP contribution in [-0.4, -0.2) is 43.5 Å². The molecule has 2 saturated heterocycles. The van der Waals surface area contributed by atoms with E-state index >= 15 is 0 Å². The van der Waals surface area contributed by atoms with Crippen LogP contribution in [0.2, 0.25) is 0 Å². The fourth-order valence-corrected chi connectivity index (χ4v) is 3.43. The number of hydrogen-bond donors (Lipinski definition) is 0. The van der Waals surface area contributed by atoms with Crippen LogP contribution in [0.15, 0.2) is 22.9 Å². The Morgan fingerprint density at radius 3 is 2.55 bits per heavy atom. The number of anilines is 1. The minimum atomic E-state index is 0.407. The van der Waals surface area contributed by atoms with E-state index in [0.29, 0.717) is 12.2 Å². The van der Waals surface area contributed by atoms with Crippen molar-refractivity contribution in [3.05, 3.63) is 22.9 Å². The summed E-state index contributed by atoms with van der Waals surface area (Å²) in [5.41, 5.74) is 1.19. The number of ether oxygens (including phenoxy) is 2. The molecule has 2 aliphatic heterocycles. The summed E-state index contributed by atoms with van der Waals surface area (Å²) in [5, 5.41) is 0. The predicted octanol–water partition coefficient (Wildman–Crippen LogP) is 3.01. The molecular weight excluding hydrogens is 320 g/mol. The number of hydrogen-bond acceptors (Lipinski definition) is 4. The molecule has 20 heavy (non-hydrogen) atoms. The van der Waals surface area contributed by atoms with Crippen molar-refractivity contribution in [2.75, 3.05) is 31.2 Å². The van der Waals surface area contributed by atoms with E-state index in [1.54, 1.807) is 0 Å². The van der Waals surface area contributed by atoms with Crippen molar-refractivity contribution in [1.82, 2.24) is 4.98 Å². The molecule has 4 nitrogen and oxygen atoms in total. The van der Waals surface area contributed by atoms with Gasteiger partial charge in [0.1, 0.15) is 4.60 Å². The third-order valence-corrected chi connectivity index (χ3v) is 4.69. The van der Waals surface area contributed by atoms with Crippen LogP contribution in [0.5, 0.6) is 0 Å². The van der Waals surface area contributed by atoms with Crippen LogP contribution in [0.25, 0.3) is 0 Å². The molecule has 1 aromatic rings. The molecule has 0 bridgehead atoms. The van der Waals surface area contributed by atoms with Gasteiger partial charge < -0.3 is 14.4 Å². The Morgan fingerprint density at radius 2 is 1.85 bits per heavy atom. The molecule has 3 rings (SSSR count). The highest BCUT2D eigenvalue weighted by Crippen LogP contribution is 2.28. The number of nitrogens with zero attached hydrogens (tertiary/aromatic N) is 2. The standard InChI is InChI=1S/C15H21BrN2O2/c16-15-14(2-1-7-17-15)18-8-3-12(4-9-18)20-13-5-10-19-11-6-13/h1-2,7,12-13H,3-6,8-11H2. The Balaban J connectivity index is 1.50. The second-order valence-corrected chi connectivity index (χ2v) is 6.20. The van der Waals surface area contributed by atoms with Crippen LogP contribution in [-0.2, 0) is 9.47 Å². The molecule has 0 aromatic carbocycles. The quantitative estimate of drug-likeness (QED) is 0.792. The van der Waals surface area contributed by atoms with Gasteiger partial charge in [-0.1, -0.05) is 0 Å². The lowest BCUT2D eigenvalue weighted by atomic mass is 10.1. The zero-order valence-corrected chi connectivity index (χ0v) is 13.2. The summed E-state index contributed by atoms with van der Waals surface area (Å²) in [5.74, 6) is 0. The molecule has 110 valence electrons. The first-order valence-corrected chi connectivity index (χ1v) is 8.21. The van der Waals surface area contributed by atoms with E-state index in [2.05, 4.69) is 31.9 Å². The summed E-state index contributed by atoms with van der Waals surface area (Å²) >= 11 is 3.53. The van der Waals surface area contributed by atoms with E-state index in [4.69, 9.17) is 9.47 Å². The molecule has 0 spiro atoms. The minimum absolute atomic E-state index is 0.407. The molecule has 3 heterocycles. The van der Waals surface area contributed by atoms with E-state index < -0.39 is 0 Å². The Morgan fingerprint density at radius 1 is 1.15 bits per heavy atom. The first kappa shape index (κ1) is 14.3. The third-order valence-electron chi connectivity index (χ3n) is 4.08. The van der Waals surface area contributed by atoms with Crippen molar-refractivity contribution >= 4 is 21.6 Å². The Labute approximate surface area is 128 Å². The second-order valence-electron chi connectivity index (χ2n) is 5.45. The van der Waals surface area contributed by atoms with Crippen LogP contribution in [0.3, 0.4) is 0 Å². The Kier molecular flexibility index (Phi) is 4.91. The molecule has 1 aromatic heterocycles. The van der Waals surface area contributed by atoms with Crippen LogP contribution in [0.4, 0.5) is 5.69 Å². The van der Waals surface area contributed by atoms with Crippen molar-refractivity contribution in [2.45, 2.75) is 37.9 Å². The largest absolute Gasteiger partial charge is 0.381 e. The van der Waals surface area contributed by atoms with Gasteiger partial charge in [0, 0.05) is 32.5 Å². The lowest BCUT2D eigenvalue weighted by Crippen LogP contribution is -2.39. The highest BCUT2D eigenvalue weighted by atomic mass is 79.9. The number of pyridine rings is 1. The van der Waals surface area contributed by atoms with Gasteiger partial charge in [-0.15, -0.1) is 0 Å². The lowest BCUT2D eigenvalue weighted by molar-refractivity contribution is -0.0743. The molecule has 2 fully saturated rings. The smallest absolute Gasteiger partial charge is 0.129 e. The summed E-state index contributed by atoms with van der Waals surface area (Å²) in [7, 11) is 0. The molecule has 0 atom stereocenters. The molecule has 0 amide bonds. The monoisotopic (exact) mass is 340 g/mol. The van der Waals surface area contributed by atoms with E-state index in [9.17, 15) is 0 Å². The number of halogens is 1. The van der Waals surface area contributed by atoms with Gasteiger partial charge in [-0.2, -0.15) is 0 Å².